The molecule has 1 unspecified atom stereocenters. The highest BCUT2D eigenvalue weighted by molar-refractivity contribution is 7.80. The van der Waals surface area contributed by atoms with Crippen LogP contribution in [0.25, 0.3) is 0 Å². The third-order valence-electron chi connectivity index (χ3n) is 2.46. The largest absolute Gasteiger partial charge is 0.481 e. The van der Waals surface area contributed by atoms with Gasteiger partial charge in [0.1, 0.15) is 11.4 Å². The number of ether oxygens (including phenoxy) is 1. The standard InChI is InChI=1S/C15H20O2S/c1-11(16)13(14(18)17-15(2,3)4)10-12-8-6-5-7-9-12/h5-9,13H,10H2,1-4H3. The minimum Gasteiger partial charge on any atom is -0.481 e. The van der Waals surface area contributed by atoms with Crippen LogP contribution in [0, 0.1) is 5.92 Å². The monoisotopic (exact) mass is 264 g/mol. The topological polar surface area (TPSA) is 26.3 Å². The second-order valence-corrected chi connectivity index (χ2v) is 5.79. The Hall–Kier alpha value is -1.22. The van der Waals surface area contributed by atoms with Crippen LogP contribution in [-0.4, -0.2) is 16.4 Å². The predicted octanol–water partition coefficient (Wildman–Crippen LogP) is 3.58. The summed E-state index contributed by atoms with van der Waals surface area (Å²) in [5, 5.41) is 0.388. The summed E-state index contributed by atoms with van der Waals surface area (Å²) in [7, 11) is 0. The lowest BCUT2D eigenvalue weighted by atomic mass is 9.96. The van der Waals surface area contributed by atoms with Gasteiger partial charge in [-0.3, -0.25) is 4.79 Å². The highest BCUT2D eigenvalue weighted by atomic mass is 32.1. The lowest BCUT2D eigenvalue weighted by Crippen LogP contribution is -2.31. The summed E-state index contributed by atoms with van der Waals surface area (Å²) in [5.41, 5.74) is 0.735. The molecular weight excluding hydrogens is 244 g/mol. The van der Waals surface area contributed by atoms with E-state index in [4.69, 9.17) is 17.0 Å². The summed E-state index contributed by atoms with van der Waals surface area (Å²) in [6, 6.07) is 9.86. The third-order valence-corrected chi connectivity index (χ3v) is 2.83. The molecule has 0 aliphatic rings. The Balaban J connectivity index is 2.78. The van der Waals surface area contributed by atoms with Gasteiger partial charge in [0.15, 0.2) is 5.05 Å². The van der Waals surface area contributed by atoms with Gasteiger partial charge in [-0.1, -0.05) is 30.3 Å². The fourth-order valence-electron chi connectivity index (χ4n) is 1.62. The Morgan fingerprint density at radius 3 is 2.28 bits per heavy atom. The van der Waals surface area contributed by atoms with Crippen LogP contribution >= 0.6 is 12.2 Å². The summed E-state index contributed by atoms with van der Waals surface area (Å²) < 4.78 is 5.64. The second kappa shape index (κ2) is 6.10. The lowest BCUT2D eigenvalue weighted by Gasteiger charge is -2.25. The van der Waals surface area contributed by atoms with Crippen molar-refractivity contribution in [3.8, 4) is 0 Å². The van der Waals surface area contributed by atoms with Gasteiger partial charge < -0.3 is 4.74 Å². The van der Waals surface area contributed by atoms with Crippen molar-refractivity contribution in [1.29, 1.82) is 0 Å². The van der Waals surface area contributed by atoms with E-state index in [1.54, 1.807) is 6.92 Å². The molecular formula is C15H20O2S. The van der Waals surface area contributed by atoms with Crippen LogP contribution < -0.4 is 0 Å². The number of hydrogen-bond donors (Lipinski definition) is 0. The Bertz CT molecular complexity index is 418. The van der Waals surface area contributed by atoms with E-state index in [-0.39, 0.29) is 17.3 Å². The number of carbonyl (C=O) groups is 1. The van der Waals surface area contributed by atoms with Crippen molar-refractivity contribution >= 4 is 23.1 Å². The minimum absolute atomic E-state index is 0.0492. The van der Waals surface area contributed by atoms with E-state index in [1.807, 2.05) is 51.1 Å². The summed E-state index contributed by atoms with van der Waals surface area (Å²) >= 11 is 5.26. The minimum atomic E-state index is -0.360. The first-order valence-corrected chi connectivity index (χ1v) is 6.47. The molecule has 0 spiro atoms. The maximum atomic E-state index is 11.7. The zero-order valence-electron chi connectivity index (χ0n) is 11.4. The first-order valence-electron chi connectivity index (χ1n) is 6.07. The normalized spacial score (nSPS) is 12.9. The SMILES string of the molecule is CC(=O)C(Cc1ccccc1)C(=S)OC(C)(C)C. The molecule has 18 heavy (non-hydrogen) atoms. The maximum absolute atomic E-state index is 11.7. The zero-order chi connectivity index (χ0) is 13.8. The van der Waals surface area contributed by atoms with Crippen LogP contribution in [0.2, 0.25) is 0 Å². The van der Waals surface area contributed by atoms with E-state index >= 15 is 0 Å². The highest BCUT2D eigenvalue weighted by Gasteiger charge is 2.25. The quantitative estimate of drug-likeness (QED) is 0.778. The first-order chi connectivity index (χ1) is 8.29. The number of ketones is 1. The summed E-state index contributed by atoms with van der Waals surface area (Å²) in [6.45, 7) is 7.35. The van der Waals surface area contributed by atoms with Crippen molar-refractivity contribution < 1.29 is 9.53 Å². The Kier molecular flexibility index (Phi) is 5.03. The van der Waals surface area contributed by atoms with E-state index in [0.29, 0.717) is 11.5 Å². The number of thiocarbonyl (C=S) groups is 1. The van der Waals surface area contributed by atoms with E-state index < -0.39 is 0 Å². The number of hydrogen-bond acceptors (Lipinski definition) is 3. The number of carbonyl (C=O) groups excluding carboxylic acids is 1. The van der Waals surface area contributed by atoms with Gasteiger partial charge in [0, 0.05) is 0 Å². The molecule has 0 N–H and O–H groups in total. The van der Waals surface area contributed by atoms with Gasteiger partial charge in [-0.15, -0.1) is 0 Å². The number of Topliss-reactive ketones (excluding diaryl/α,β-unsaturated/α-hetero) is 1. The Morgan fingerprint density at radius 2 is 1.83 bits per heavy atom. The van der Waals surface area contributed by atoms with Crippen LogP contribution in [0.15, 0.2) is 30.3 Å². The molecule has 98 valence electrons. The van der Waals surface area contributed by atoms with Crippen molar-refractivity contribution in [1.82, 2.24) is 0 Å². The van der Waals surface area contributed by atoms with Gasteiger partial charge in [0.05, 0.1) is 5.92 Å². The second-order valence-electron chi connectivity index (χ2n) is 5.39. The maximum Gasteiger partial charge on any atom is 0.171 e. The molecule has 1 aromatic carbocycles. The molecule has 0 aromatic heterocycles. The van der Waals surface area contributed by atoms with Gasteiger partial charge in [-0.25, -0.2) is 0 Å². The van der Waals surface area contributed by atoms with E-state index in [0.717, 1.165) is 5.56 Å². The van der Waals surface area contributed by atoms with E-state index in [9.17, 15) is 4.79 Å². The summed E-state index contributed by atoms with van der Waals surface area (Å²) in [5.74, 6) is -0.297. The molecule has 0 radical (unpaired) electrons. The van der Waals surface area contributed by atoms with Crippen molar-refractivity contribution in [3.05, 3.63) is 35.9 Å². The van der Waals surface area contributed by atoms with Gasteiger partial charge in [-0.05, 0) is 51.9 Å². The molecule has 1 atom stereocenters. The van der Waals surface area contributed by atoms with Crippen molar-refractivity contribution in [2.45, 2.75) is 39.7 Å². The van der Waals surface area contributed by atoms with Crippen molar-refractivity contribution in [2.75, 3.05) is 0 Å². The molecule has 1 rings (SSSR count). The van der Waals surface area contributed by atoms with Crippen LogP contribution in [0.5, 0.6) is 0 Å². The lowest BCUT2D eigenvalue weighted by molar-refractivity contribution is -0.119. The molecule has 0 aliphatic heterocycles. The fraction of sp³-hybridized carbons (Fsp3) is 0.467. The average Bonchev–Trinajstić information content (AvgIpc) is 2.24. The molecule has 0 heterocycles. The third kappa shape index (κ3) is 4.96. The van der Waals surface area contributed by atoms with Crippen LogP contribution in [0.4, 0.5) is 0 Å². The fourth-order valence-corrected chi connectivity index (χ4v) is 2.12. The highest BCUT2D eigenvalue weighted by Crippen LogP contribution is 2.17. The van der Waals surface area contributed by atoms with E-state index in [2.05, 4.69) is 0 Å². The van der Waals surface area contributed by atoms with E-state index in [1.165, 1.54) is 0 Å². The first kappa shape index (κ1) is 14.8. The van der Waals surface area contributed by atoms with Crippen molar-refractivity contribution in [2.24, 2.45) is 5.92 Å². The molecule has 0 aliphatic carbocycles. The molecule has 0 fully saturated rings. The molecule has 1 aromatic rings. The van der Waals surface area contributed by atoms with Gasteiger partial charge in [0.2, 0.25) is 0 Å². The summed E-state index contributed by atoms with van der Waals surface area (Å²) in [6.07, 6.45) is 0.602. The van der Waals surface area contributed by atoms with Gasteiger partial charge in [0.25, 0.3) is 0 Å². The van der Waals surface area contributed by atoms with Crippen LogP contribution in [-0.2, 0) is 16.0 Å². The molecule has 3 heteroatoms. The molecule has 0 bridgehead atoms. The van der Waals surface area contributed by atoms with Gasteiger partial charge >= 0.3 is 0 Å². The van der Waals surface area contributed by atoms with Crippen LogP contribution in [0.3, 0.4) is 0 Å². The molecule has 0 saturated carbocycles. The Morgan fingerprint density at radius 1 is 1.28 bits per heavy atom. The smallest absolute Gasteiger partial charge is 0.171 e. The molecule has 0 saturated heterocycles. The number of rotatable bonds is 4. The molecule has 0 amide bonds. The predicted molar refractivity (Wildman–Crippen MR) is 77.8 cm³/mol. The average molecular weight is 264 g/mol. The van der Waals surface area contributed by atoms with Crippen LogP contribution in [0.1, 0.15) is 33.3 Å². The van der Waals surface area contributed by atoms with Crippen molar-refractivity contribution in [3.63, 3.8) is 0 Å². The Labute approximate surface area is 114 Å². The molecule has 2 nitrogen and oxygen atoms in total. The zero-order valence-corrected chi connectivity index (χ0v) is 12.2. The van der Waals surface area contributed by atoms with Gasteiger partial charge in [-0.2, -0.15) is 0 Å². The summed E-state index contributed by atoms with van der Waals surface area (Å²) in [4.78, 5) is 11.7. The number of benzene rings is 1.